The van der Waals surface area contributed by atoms with Crippen molar-refractivity contribution in [2.75, 3.05) is 18.6 Å². The molecule has 1 aromatic heterocycles. The number of nitrogens with zero attached hydrogens (tertiary/aromatic N) is 2. The monoisotopic (exact) mass is 329 g/mol. The Balaban J connectivity index is 2.52. The van der Waals surface area contributed by atoms with Gasteiger partial charge < -0.3 is 9.88 Å². The molecule has 0 aliphatic carbocycles. The zero-order valence-electron chi connectivity index (χ0n) is 11.3. The van der Waals surface area contributed by atoms with Crippen LogP contribution in [-0.4, -0.2) is 23.3 Å². The molecule has 20 heavy (non-hydrogen) atoms. The third kappa shape index (κ3) is 3.32. The minimum absolute atomic E-state index is 0.0993. The van der Waals surface area contributed by atoms with Crippen molar-refractivity contribution >= 4 is 47.2 Å². The summed E-state index contributed by atoms with van der Waals surface area (Å²) in [5, 5.41) is 4.32. The van der Waals surface area contributed by atoms with Crippen molar-refractivity contribution in [1.29, 1.82) is 0 Å². The SMILES string of the molecule is Cc1cccc(Nc2nc(Cl)ncc2Cl)c1P(C)(C)=O. The lowest BCUT2D eigenvalue weighted by molar-refractivity contribution is 0.588. The second-order valence-electron chi connectivity index (χ2n) is 4.78. The van der Waals surface area contributed by atoms with E-state index >= 15 is 0 Å². The third-order valence-electron chi connectivity index (χ3n) is 2.74. The molecule has 2 aromatic rings. The van der Waals surface area contributed by atoms with E-state index in [4.69, 9.17) is 23.2 Å². The molecule has 0 aliphatic rings. The second-order valence-corrected chi connectivity index (χ2v) is 8.68. The van der Waals surface area contributed by atoms with Crippen molar-refractivity contribution in [1.82, 2.24) is 9.97 Å². The number of benzene rings is 1. The summed E-state index contributed by atoms with van der Waals surface area (Å²) in [6, 6.07) is 5.65. The van der Waals surface area contributed by atoms with Crippen LogP contribution in [0.5, 0.6) is 0 Å². The summed E-state index contributed by atoms with van der Waals surface area (Å²) in [5.41, 5.74) is 1.68. The van der Waals surface area contributed by atoms with E-state index in [0.717, 1.165) is 16.6 Å². The van der Waals surface area contributed by atoms with E-state index in [9.17, 15) is 4.57 Å². The summed E-state index contributed by atoms with van der Waals surface area (Å²) < 4.78 is 12.5. The summed E-state index contributed by atoms with van der Waals surface area (Å²) in [4.78, 5) is 7.84. The largest absolute Gasteiger partial charge is 0.338 e. The van der Waals surface area contributed by atoms with Crippen LogP contribution in [-0.2, 0) is 4.57 Å². The predicted octanol–water partition coefficient (Wildman–Crippen LogP) is 4.08. The highest BCUT2D eigenvalue weighted by Crippen LogP contribution is 2.40. The van der Waals surface area contributed by atoms with Crippen molar-refractivity contribution < 1.29 is 4.57 Å². The highest BCUT2D eigenvalue weighted by atomic mass is 35.5. The van der Waals surface area contributed by atoms with Gasteiger partial charge in [-0.2, -0.15) is 4.98 Å². The molecule has 2 rings (SSSR count). The fraction of sp³-hybridized carbons (Fsp3) is 0.231. The minimum Gasteiger partial charge on any atom is -0.338 e. The second kappa shape index (κ2) is 5.72. The van der Waals surface area contributed by atoms with Gasteiger partial charge in [0.1, 0.15) is 12.2 Å². The van der Waals surface area contributed by atoms with Gasteiger partial charge in [0, 0.05) is 5.30 Å². The number of rotatable bonds is 3. The first-order valence-electron chi connectivity index (χ1n) is 5.89. The molecule has 7 heteroatoms. The topological polar surface area (TPSA) is 54.9 Å². The van der Waals surface area contributed by atoms with Gasteiger partial charge in [-0.25, -0.2) is 4.98 Å². The molecule has 0 spiro atoms. The van der Waals surface area contributed by atoms with Crippen LogP contribution in [0.3, 0.4) is 0 Å². The van der Waals surface area contributed by atoms with Crippen molar-refractivity contribution in [3.8, 4) is 0 Å². The molecule has 0 saturated carbocycles. The van der Waals surface area contributed by atoms with Gasteiger partial charge in [0.25, 0.3) is 0 Å². The van der Waals surface area contributed by atoms with E-state index in [-0.39, 0.29) is 5.28 Å². The van der Waals surface area contributed by atoms with E-state index in [2.05, 4.69) is 15.3 Å². The maximum atomic E-state index is 12.5. The fourth-order valence-corrected chi connectivity index (χ4v) is 3.94. The maximum absolute atomic E-state index is 12.5. The Morgan fingerprint density at radius 1 is 1.25 bits per heavy atom. The minimum atomic E-state index is -2.44. The van der Waals surface area contributed by atoms with Crippen LogP contribution in [0.1, 0.15) is 5.56 Å². The molecule has 0 saturated heterocycles. The number of anilines is 2. The lowest BCUT2D eigenvalue weighted by atomic mass is 10.2. The Bertz CT molecular complexity index is 700. The Kier molecular flexibility index (Phi) is 4.38. The van der Waals surface area contributed by atoms with Crippen molar-refractivity contribution in [2.45, 2.75) is 6.92 Å². The lowest BCUT2D eigenvalue weighted by Crippen LogP contribution is -2.13. The average Bonchev–Trinajstić information content (AvgIpc) is 2.32. The number of halogens is 2. The average molecular weight is 330 g/mol. The smallest absolute Gasteiger partial charge is 0.224 e. The number of aromatic nitrogens is 2. The van der Waals surface area contributed by atoms with Gasteiger partial charge in [0.05, 0.1) is 11.9 Å². The lowest BCUT2D eigenvalue weighted by Gasteiger charge is -2.17. The molecule has 106 valence electrons. The summed E-state index contributed by atoms with van der Waals surface area (Å²) >= 11 is 11.8. The Hall–Kier alpha value is -1.09. The van der Waals surface area contributed by atoms with Gasteiger partial charge in [0.2, 0.25) is 5.28 Å². The number of nitrogens with one attached hydrogen (secondary N) is 1. The summed E-state index contributed by atoms with van der Waals surface area (Å²) in [7, 11) is -2.44. The van der Waals surface area contributed by atoms with Gasteiger partial charge in [-0.1, -0.05) is 23.7 Å². The van der Waals surface area contributed by atoms with E-state index < -0.39 is 7.14 Å². The first-order chi connectivity index (χ1) is 9.29. The number of hydrogen-bond acceptors (Lipinski definition) is 4. The third-order valence-corrected chi connectivity index (χ3v) is 4.87. The first-order valence-corrected chi connectivity index (χ1v) is 9.25. The standard InChI is InChI=1S/C13H14Cl2N3OP/c1-8-5-4-6-10(11(8)20(2,3)19)17-12-9(14)7-16-13(15)18-12/h4-7H,1-3H3,(H,16,17,18). The molecule has 0 atom stereocenters. The Labute approximate surface area is 127 Å². The molecule has 1 heterocycles. The fourth-order valence-electron chi connectivity index (χ4n) is 2.04. The Morgan fingerprint density at radius 2 is 1.95 bits per heavy atom. The van der Waals surface area contributed by atoms with E-state index in [1.54, 1.807) is 13.3 Å². The van der Waals surface area contributed by atoms with E-state index in [1.165, 1.54) is 6.20 Å². The van der Waals surface area contributed by atoms with E-state index in [0.29, 0.717) is 10.8 Å². The molecule has 0 unspecified atom stereocenters. The molecule has 0 radical (unpaired) electrons. The summed E-state index contributed by atoms with van der Waals surface area (Å²) in [6.07, 6.45) is 1.42. The number of aryl methyl sites for hydroxylation is 1. The quantitative estimate of drug-likeness (QED) is 0.680. The van der Waals surface area contributed by atoms with Crippen LogP contribution in [0, 0.1) is 6.92 Å². The molecule has 0 amide bonds. The van der Waals surface area contributed by atoms with Gasteiger partial charge >= 0.3 is 0 Å². The van der Waals surface area contributed by atoms with Gasteiger partial charge in [0.15, 0.2) is 5.82 Å². The summed E-state index contributed by atoms with van der Waals surface area (Å²) in [5.74, 6) is 0.395. The molecular weight excluding hydrogens is 316 g/mol. The molecule has 1 aromatic carbocycles. The first kappa shape index (κ1) is 15.3. The van der Waals surface area contributed by atoms with Gasteiger partial charge in [-0.15, -0.1) is 0 Å². The van der Waals surface area contributed by atoms with Crippen LogP contribution in [0.2, 0.25) is 10.3 Å². The van der Waals surface area contributed by atoms with Crippen LogP contribution < -0.4 is 10.6 Å². The molecule has 0 aliphatic heterocycles. The molecule has 4 nitrogen and oxygen atoms in total. The predicted molar refractivity (Wildman–Crippen MR) is 85.6 cm³/mol. The highest BCUT2D eigenvalue weighted by molar-refractivity contribution is 7.70. The molecule has 1 N–H and O–H groups in total. The van der Waals surface area contributed by atoms with Crippen molar-refractivity contribution in [3.05, 3.63) is 40.3 Å². The normalized spacial score (nSPS) is 11.4. The molecular formula is C13H14Cl2N3OP. The molecule has 0 bridgehead atoms. The number of hydrogen-bond donors (Lipinski definition) is 1. The van der Waals surface area contributed by atoms with Crippen LogP contribution in [0.15, 0.2) is 24.4 Å². The highest BCUT2D eigenvalue weighted by Gasteiger charge is 2.19. The van der Waals surface area contributed by atoms with Crippen molar-refractivity contribution in [3.63, 3.8) is 0 Å². The van der Waals surface area contributed by atoms with Gasteiger partial charge in [-0.05, 0) is 43.5 Å². The summed E-state index contributed by atoms with van der Waals surface area (Å²) in [6.45, 7) is 5.39. The maximum Gasteiger partial charge on any atom is 0.224 e. The Morgan fingerprint density at radius 3 is 2.60 bits per heavy atom. The van der Waals surface area contributed by atoms with E-state index in [1.807, 2.05) is 25.1 Å². The van der Waals surface area contributed by atoms with Crippen LogP contribution >= 0.6 is 30.3 Å². The zero-order chi connectivity index (χ0) is 14.9. The zero-order valence-corrected chi connectivity index (χ0v) is 13.7. The van der Waals surface area contributed by atoms with Crippen LogP contribution in [0.4, 0.5) is 11.5 Å². The van der Waals surface area contributed by atoms with Gasteiger partial charge in [-0.3, -0.25) is 0 Å². The van der Waals surface area contributed by atoms with Crippen LogP contribution in [0.25, 0.3) is 0 Å². The van der Waals surface area contributed by atoms with Crippen molar-refractivity contribution in [2.24, 2.45) is 0 Å². The molecule has 0 fully saturated rings.